The van der Waals surface area contributed by atoms with E-state index in [0.717, 1.165) is 5.56 Å². The Morgan fingerprint density at radius 2 is 2.04 bits per heavy atom. The van der Waals surface area contributed by atoms with Crippen LogP contribution < -0.4 is 15.4 Å². The average Bonchev–Trinajstić information content (AvgIpc) is 3.17. The van der Waals surface area contributed by atoms with Crippen molar-refractivity contribution >= 4 is 17.3 Å². The van der Waals surface area contributed by atoms with E-state index in [4.69, 9.17) is 4.74 Å². The summed E-state index contributed by atoms with van der Waals surface area (Å²) in [7, 11) is 1.72. The number of hydrogen-bond donors (Lipinski definition) is 2. The minimum atomic E-state index is -0.351. The normalized spacial score (nSPS) is 11.2. The Bertz CT molecular complexity index is 867. The summed E-state index contributed by atoms with van der Waals surface area (Å²) in [5, 5.41) is 8.53. The molecule has 134 valence electrons. The summed E-state index contributed by atoms with van der Waals surface area (Å²) in [6.07, 6.45) is 1.64. The molecule has 0 atom stereocenters. The zero-order chi connectivity index (χ0) is 18.2. The molecule has 0 aliphatic heterocycles. The number of pyridine rings is 1. The maximum atomic E-state index is 13.3. The predicted molar refractivity (Wildman–Crippen MR) is 102 cm³/mol. The number of halogens is 1. The van der Waals surface area contributed by atoms with Gasteiger partial charge >= 0.3 is 0 Å². The van der Waals surface area contributed by atoms with E-state index in [9.17, 15) is 4.39 Å². The van der Waals surface area contributed by atoms with Crippen molar-refractivity contribution in [1.82, 2.24) is 15.6 Å². The quantitative estimate of drug-likeness (QED) is 0.510. The Morgan fingerprint density at radius 3 is 2.81 bits per heavy atom. The second-order valence-corrected chi connectivity index (χ2v) is 6.42. The number of ether oxygens (including phenoxy) is 1. The minimum absolute atomic E-state index is 0.351. The van der Waals surface area contributed by atoms with Crippen LogP contribution in [0.5, 0.6) is 11.6 Å². The topological polar surface area (TPSA) is 58.5 Å². The molecule has 0 aliphatic carbocycles. The average molecular weight is 370 g/mol. The number of aromatic nitrogens is 1. The summed E-state index contributed by atoms with van der Waals surface area (Å²) >= 11 is 1.69. The van der Waals surface area contributed by atoms with Crippen LogP contribution in [0.3, 0.4) is 0 Å². The van der Waals surface area contributed by atoms with Gasteiger partial charge in [-0.3, -0.25) is 4.99 Å². The van der Waals surface area contributed by atoms with E-state index in [1.54, 1.807) is 36.7 Å². The van der Waals surface area contributed by atoms with Crippen LogP contribution in [-0.4, -0.2) is 18.0 Å². The highest BCUT2D eigenvalue weighted by molar-refractivity contribution is 7.09. The summed E-state index contributed by atoms with van der Waals surface area (Å²) in [4.78, 5) is 9.69. The van der Waals surface area contributed by atoms with Crippen molar-refractivity contribution in [2.45, 2.75) is 13.1 Å². The van der Waals surface area contributed by atoms with E-state index in [2.05, 4.69) is 26.7 Å². The first-order valence-electron chi connectivity index (χ1n) is 8.09. The standard InChI is InChI=1S/C19H19FN4OS/c1-21-19(24-13-17-8-4-10-26-17)23-12-14-5-3-9-22-18(14)25-16-7-2-6-15(20)11-16/h2-11H,12-13H2,1H3,(H2,21,23,24). The number of nitrogens with one attached hydrogen (secondary N) is 2. The lowest BCUT2D eigenvalue weighted by atomic mass is 10.2. The monoisotopic (exact) mass is 370 g/mol. The largest absolute Gasteiger partial charge is 0.439 e. The van der Waals surface area contributed by atoms with E-state index in [1.807, 2.05) is 23.6 Å². The van der Waals surface area contributed by atoms with E-state index in [1.165, 1.54) is 17.0 Å². The van der Waals surface area contributed by atoms with Crippen LogP contribution >= 0.6 is 11.3 Å². The Morgan fingerprint density at radius 1 is 1.15 bits per heavy atom. The molecule has 0 bridgehead atoms. The third kappa shape index (κ3) is 5.03. The number of guanidine groups is 1. The number of nitrogens with zero attached hydrogens (tertiary/aromatic N) is 2. The molecule has 0 saturated heterocycles. The highest BCUT2D eigenvalue weighted by Gasteiger charge is 2.08. The van der Waals surface area contributed by atoms with Gasteiger partial charge < -0.3 is 15.4 Å². The molecule has 2 aromatic heterocycles. The fourth-order valence-corrected chi connectivity index (χ4v) is 2.92. The molecular formula is C19H19FN4OS. The maximum absolute atomic E-state index is 13.3. The predicted octanol–water partition coefficient (Wildman–Crippen LogP) is 3.94. The first kappa shape index (κ1) is 17.9. The molecule has 26 heavy (non-hydrogen) atoms. The summed E-state index contributed by atoms with van der Waals surface area (Å²) in [6.45, 7) is 1.18. The lowest BCUT2D eigenvalue weighted by Crippen LogP contribution is -2.36. The molecule has 3 aromatic rings. The van der Waals surface area contributed by atoms with Crippen LogP contribution in [0.15, 0.2) is 65.1 Å². The fraction of sp³-hybridized carbons (Fsp3) is 0.158. The molecule has 5 nitrogen and oxygen atoms in total. The molecule has 2 heterocycles. The SMILES string of the molecule is CN=C(NCc1cccs1)NCc1cccnc1Oc1cccc(F)c1. The molecule has 1 aromatic carbocycles. The van der Waals surface area contributed by atoms with Crippen molar-refractivity contribution < 1.29 is 9.13 Å². The molecule has 0 saturated carbocycles. The molecule has 0 fully saturated rings. The highest BCUT2D eigenvalue weighted by Crippen LogP contribution is 2.23. The smallest absolute Gasteiger partial charge is 0.224 e. The molecule has 2 N–H and O–H groups in total. The Kier molecular flexibility index (Phi) is 6.16. The van der Waals surface area contributed by atoms with Gasteiger partial charge in [-0.15, -0.1) is 11.3 Å². The van der Waals surface area contributed by atoms with Crippen molar-refractivity contribution in [1.29, 1.82) is 0 Å². The van der Waals surface area contributed by atoms with Crippen LogP contribution in [0, 0.1) is 5.82 Å². The molecule has 0 amide bonds. The number of benzene rings is 1. The van der Waals surface area contributed by atoms with Gasteiger partial charge in [0, 0.05) is 36.3 Å². The van der Waals surface area contributed by atoms with Crippen LogP contribution in [0.2, 0.25) is 0 Å². The first-order valence-corrected chi connectivity index (χ1v) is 8.97. The van der Waals surface area contributed by atoms with Gasteiger partial charge in [-0.05, 0) is 29.6 Å². The van der Waals surface area contributed by atoms with E-state index >= 15 is 0 Å². The summed E-state index contributed by atoms with van der Waals surface area (Å²) in [5.74, 6) is 1.17. The van der Waals surface area contributed by atoms with Crippen molar-refractivity contribution in [3.05, 3.63) is 76.4 Å². The van der Waals surface area contributed by atoms with Gasteiger partial charge in [0.25, 0.3) is 0 Å². The second-order valence-electron chi connectivity index (χ2n) is 5.39. The van der Waals surface area contributed by atoms with E-state index in [-0.39, 0.29) is 5.82 Å². The van der Waals surface area contributed by atoms with Crippen molar-refractivity contribution in [2.75, 3.05) is 7.05 Å². The van der Waals surface area contributed by atoms with Crippen LogP contribution in [-0.2, 0) is 13.1 Å². The van der Waals surface area contributed by atoms with Crippen LogP contribution in [0.4, 0.5) is 4.39 Å². The van der Waals surface area contributed by atoms with Crippen LogP contribution in [0.25, 0.3) is 0 Å². The third-order valence-electron chi connectivity index (χ3n) is 3.54. The number of thiophene rings is 1. The van der Waals surface area contributed by atoms with Crippen molar-refractivity contribution in [3.63, 3.8) is 0 Å². The number of aliphatic imine (C=N–C) groups is 1. The third-order valence-corrected chi connectivity index (χ3v) is 4.42. The molecule has 7 heteroatoms. The maximum Gasteiger partial charge on any atom is 0.224 e. The zero-order valence-electron chi connectivity index (χ0n) is 14.3. The second kappa shape index (κ2) is 8.96. The van der Waals surface area contributed by atoms with E-state index in [0.29, 0.717) is 30.7 Å². The summed E-state index contributed by atoms with van der Waals surface area (Å²) < 4.78 is 19.1. The molecule has 0 aliphatic rings. The Balaban J connectivity index is 1.62. The molecule has 0 spiro atoms. The van der Waals surface area contributed by atoms with Gasteiger partial charge in [-0.1, -0.05) is 18.2 Å². The molecule has 0 radical (unpaired) electrons. The molecule has 0 unspecified atom stereocenters. The Hall–Kier alpha value is -2.93. The van der Waals surface area contributed by atoms with Gasteiger partial charge in [-0.25, -0.2) is 9.37 Å². The lowest BCUT2D eigenvalue weighted by molar-refractivity contribution is 0.450. The minimum Gasteiger partial charge on any atom is -0.439 e. The van der Waals surface area contributed by atoms with Crippen molar-refractivity contribution in [2.24, 2.45) is 4.99 Å². The van der Waals surface area contributed by atoms with Gasteiger partial charge in [0.15, 0.2) is 5.96 Å². The number of hydrogen-bond acceptors (Lipinski definition) is 4. The van der Waals surface area contributed by atoms with Gasteiger partial charge in [-0.2, -0.15) is 0 Å². The van der Waals surface area contributed by atoms with Crippen molar-refractivity contribution in [3.8, 4) is 11.6 Å². The van der Waals surface area contributed by atoms with Gasteiger partial charge in [0.1, 0.15) is 11.6 Å². The number of rotatable bonds is 6. The first-order chi connectivity index (χ1) is 12.7. The van der Waals surface area contributed by atoms with Crippen LogP contribution in [0.1, 0.15) is 10.4 Å². The fourth-order valence-electron chi connectivity index (χ4n) is 2.28. The van der Waals surface area contributed by atoms with Gasteiger partial charge in [0.05, 0.1) is 6.54 Å². The summed E-state index contributed by atoms with van der Waals surface area (Å²) in [5.41, 5.74) is 0.843. The summed E-state index contributed by atoms with van der Waals surface area (Å²) in [6, 6.07) is 13.8. The van der Waals surface area contributed by atoms with Gasteiger partial charge in [0.2, 0.25) is 5.88 Å². The highest BCUT2D eigenvalue weighted by atomic mass is 32.1. The molecule has 3 rings (SSSR count). The Labute approximate surface area is 155 Å². The lowest BCUT2D eigenvalue weighted by Gasteiger charge is -2.13. The zero-order valence-corrected chi connectivity index (χ0v) is 15.1. The molecular weight excluding hydrogens is 351 g/mol. The van der Waals surface area contributed by atoms with E-state index < -0.39 is 0 Å².